The molecule has 1 amide bonds. The van der Waals surface area contributed by atoms with Crippen LogP contribution in [0.15, 0.2) is 54.6 Å². The summed E-state index contributed by atoms with van der Waals surface area (Å²) >= 11 is 0. The van der Waals surface area contributed by atoms with Crippen molar-refractivity contribution in [2.45, 2.75) is 45.1 Å². The van der Waals surface area contributed by atoms with Crippen LogP contribution in [0.5, 0.6) is 0 Å². The molecule has 1 unspecified atom stereocenters. The van der Waals surface area contributed by atoms with Crippen molar-refractivity contribution in [3.63, 3.8) is 0 Å². The van der Waals surface area contributed by atoms with Gasteiger partial charge in [-0.15, -0.1) is 0 Å². The van der Waals surface area contributed by atoms with Crippen molar-refractivity contribution in [1.29, 1.82) is 0 Å². The number of carbonyl (C=O) groups excluding carboxylic acids is 2. The lowest BCUT2D eigenvalue weighted by Gasteiger charge is -2.24. The normalized spacial score (nSPS) is 17.6. The second kappa shape index (κ2) is 6.83. The highest BCUT2D eigenvalue weighted by molar-refractivity contribution is 6.42. The third-order valence-electron chi connectivity index (χ3n) is 4.91. The molecule has 2 aromatic carbocycles. The minimum Gasteiger partial charge on any atom is -0.329 e. The van der Waals surface area contributed by atoms with Crippen LogP contribution in [0.1, 0.15) is 61.1 Å². The summed E-state index contributed by atoms with van der Waals surface area (Å²) in [5, 5.41) is 0. The fourth-order valence-corrected chi connectivity index (χ4v) is 3.41. The van der Waals surface area contributed by atoms with Gasteiger partial charge in [0, 0.05) is 12.1 Å². The maximum atomic E-state index is 12.8. The van der Waals surface area contributed by atoms with Gasteiger partial charge in [0.25, 0.3) is 5.91 Å². The molecule has 0 aliphatic carbocycles. The first-order valence-corrected chi connectivity index (χ1v) is 8.89. The average molecular weight is 335 g/mol. The second-order valence-electron chi connectivity index (χ2n) is 7.72. The van der Waals surface area contributed by atoms with Crippen LogP contribution in [0.25, 0.3) is 0 Å². The number of likely N-dealkylation sites (tertiary alicyclic amines) is 1. The Morgan fingerprint density at radius 2 is 1.60 bits per heavy atom. The summed E-state index contributed by atoms with van der Waals surface area (Å²) in [7, 11) is 0. The Morgan fingerprint density at radius 3 is 2.20 bits per heavy atom. The van der Waals surface area contributed by atoms with Crippen LogP contribution >= 0.6 is 0 Å². The third-order valence-corrected chi connectivity index (χ3v) is 4.91. The van der Waals surface area contributed by atoms with E-state index in [1.165, 1.54) is 0 Å². The molecule has 0 spiro atoms. The standard InChI is InChI=1S/C22H25NO2/c1-22(2,3)18-13-11-17(12-14-18)20(24)21(25)23-15-7-10-19(23)16-8-5-4-6-9-16/h4-6,8-9,11-14,19H,7,10,15H2,1-3H3. The highest BCUT2D eigenvalue weighted by Crippen LogP contribution is 2.32. The number of benzene rings is 2. The zero-order valence-electron chi connectivity index (χ0n) is 15.2. The van der Waals surface area contributed by atoms with Gasteiger partial charge in [0.2, 0.25) is 5.78 Å². The first-order valence-electron chi connectivity index (χ1n) is 8.89. The van der Waals surface area contributed by atoms with Crippen LogP contribution in [0.4, 0.5) is 0 Å². The van der Waals surface area contributed by atoms with Crippen LogP contribution in [0, 0.1) is 0 Å². The number of hydrogen-bond donors (Lipinski definition) is 0. The Bertz CT molecular complexity index is 757. The lowest BCUT2D eigenvalue weighted by molar-refractivity contribution is -0.127. The molecule has 0 radical (unpaired) electrons. The van der Waals surface area contributed by atoms with Gasteiger partial charge in [0.1, 0.15) is 0 Å². The predicted molar refractivity (Wildman–Crippen MR) is 99.6 cm³/mol. The topological polar surface area (TPSA) is 37.4 Å². The molecule has 0 N–H and O–H groups in total. The molecule has 1 aliphatic heterocycles. The largest absolute Gasteiger partial charge is 0.329 e. The Labute approximate surface area is 149 Å². The zero-order chi connectivity index (χ0) is 18.0. The fraction of sp³-hybridized carbons (Fsp3) is 0.364. The number of hydrogen-bond acceptors (Lipinski definition) is 2. The van der Waals surface area contributed by atoms with Crippen LogP contribution in [0.2, 0.25) is 0 Å². The zero-order valence-corrected chi connectivity index (χ0v) is 15.2. The van der Waals surface area contributed by atoms with Gasteiger partial charge in [0.05, 0.1) is 6.04 Å². The number of carbonyl (C=O) groups is 2. The first-order chi connectivity index (χ1) is 11.9. The molecule has 1 aliphatic rings. The third kappa shape index (κ3) is 3.65. The van der Waals surface area contributed by atoms with Gasteiger partial charge >= 0.3 is 0 Å². The summed E-state index contributed by atoms with van der Waals surface area (Å²) in [6, 6.07) is 17.4. The van der Waals surface area contributed by atoms with Gasteiger partial charge in [-0.3, -0.25) is 9.59 Å². The molecule has 3 heteroatoms. The van der Waals surface area contributed by atoms with E-state index in [1.54, 1.807) is 17.0 Å². The molecule has 1 fully saturated rings. The molecule has 0 bridgehead atoms. The van der Waals surface area contributed by atoms with Crippen molar-refractivity contribution in [2.75, 3.05) is 6.54 Å². The number of amides is 1. The van der Waals surface area contributed by atoms with E-state index in [0.29, 0.717) is 12.1 Å². The Morgan fingerprint density at radius 1 is 0.960 bits per heavy atom. The van der Waals surface area contributed by atoms with Crippen molar-refractivity contribution in [3.05, 3.63) is 71.3 Å². The maximum absolute atomic E-state index is 12.8. The summed E-state index contributed by atoms with van der Waals surface area (Å²) in [5.41, 5.74) is 2.75. The van der Waals surface area contributed by atoms with Crippen molar-refractivity contribution < 1.29 is 9.59 Å². The van der Waals surface area contributed by atoms with Gasteiger partial charge in [-0.2, -0.15) is 0 Å². The predicted octanol–water partition coefficient (Wildman–Crippen LogP) is 4.53. The minimum absolute atomic E-state index is 0.00602. The number of Topliss-reactive ketones (excluding diaryl/α,β-unsaturated/α-hetero) is 1. The molecule has 3 rings (SSSR count). The second-order valence-corrected chi connectivity index (χ2v) is 7.72. The maximum Gasteiger partial charge on any atom is 0.295 e. The summed E-state index contributed by atoms with van der Waals surface area (Å²) < 4.78 is 0. The quantitative estimate of drug-likeness (QED) is 0.610. The Kier molecular flexibility index (Phi) is 4.76. The average Bonchev–Trinajstić information content (AvgIpc) is 3.10. The van der Waals surface area contributed by atoms with Gasteiger partial charge < -0.3 is 4.90 Å². The summed E-state index contributed by atoms with van der Waals surface area (Å²) in [6.45, 7) is 7.03. The molecule has 1 heterocycles. The SMILES string of the molecule is CC(C)(C)c1ccc(C(=O)C(=O)N2CCCC2c2ccccc2)cc1. The highest BCUT2D eigenvalue weighted by Gasteiger charge is 2.33. The molecular weight excluding hydrogens is 310 g/mol. The van der Waals surface area contributed by atoms with E-state index in [4.69, 9.17) is 0 Å². The fourth-order valence-electron chi connectivity index (χ4n) is 3.41. The van der Waals surface area contributed by atoms with Gasteiger partial charge in [-0.1, -0.05) is 75.4 Å². The smallest absolute Gasteiger partial charge is 0.295 e. The molecule has 0 aromatic heterocycles. The van der Waals surface area contributed by atoms with E-state index in [-0.39, 0.29) is 11.5 Å². The van der Waals surface area contributed by atoms with Gasteiger partial charge in [0.15, 0.2) is 0 Å². The Hall–Kier alpha value is -2.42. The number of rotatable bonds is 3. The van der Waals surface area contributed by atoms with Crippen LogP contribution < -0.4 is 0 Å². The van der Waals surface area contributed by atoms with E-state index in [2.05, 4.69) is 20.8 Å². The van der Waals surface area contributed by atoms with Crippen molar-refractivity contribution in [1.82, 2.24) is 4.90 Å². The Balaban J connectivity index is 1.79. The molecule has 1 saturated heterocycles. The van der Waals surface area contributed by atoms with Crippen molar-refractivity contribution in [3.8, 4) is 0 Å². The molecule has 2 aromatic rings. The van der Waals surface area contributed by atoms with Crippen molar-refractivity contribution in [2.24, 2.45) is 0 Å². The lowest BCUT2D eigenvalue weighted by Crippen LogP contribution is -2.36. The molecular formula is C22H25NO2. The van der Waals surface area contributed by atoms with E-state index < -0.39 is 11.7 Å². The molecule has 3 nitrogen and oxygen atoms in total. The first kappa shape index (κ1) is 17.4. The highest BCUT2D eigenvalue weighted by atomic mass is 16.2. The van der Waals surface area contributed by atoms with Crippen LogP contribution in [-0.4, -0.2) is 23.1 Å². The van der Waals surface area contributed by atoms with E-state index in [9.17, 15) is 9.59 Å². The molecule has 25 heavy (non-hydrogen) atoms. The van der Waals surface area contributed by atoms with Crippen LogP contribution in [0.3, 0.4) is 0 Å². The molecule has 1 atom stereocenters. The van der Waals surface area contributed by atoms with Crippen molar-refractivity contribution >= 4 is 11.7 Å². The van der Waals surface area contributed by atoms with Crippen LogP contribution in [-0.2, 0) is 10.2 Å². The number of ketones is 1. The molecule has 130 valence electrons. The van der Waals surface area contributed by atoms with E-state index >= 15 is 0 Å². The summed E-state index contributed by atoms with van der Waals surface area (Å²) in [6.07, 6.45) is 1.84. The molecule has 0 saturated carbocycles. The summed E-state index contributed by atoms with van der Waals surface area (Å²) in [5.74, 6) is -0.807. The van der Waals surface area contributed by atoms with E-state index in [1.807, 2.05) is 42.5 Å². The van der Waals surface area contributed by atoms with Gasteiger partial charge in [-0.05, 0) is 29.4 Å². The monoisotopic (exact) mass is 335 g/mol. The summed E-state index contributed by atoms with van der Waals surface area (Å²) in [4.78, 5) is 27.2. The van der Waals surface area contributed by atoms with E-state index in [0.717, 1.165) is 24.0 Å². The van der Waals surface area contributed by atoms with Gasteiger partial charge in [-0.25, -0.2) is 0 Å². The minimum atomic E-state index is -0.414. The lowest BCUT2D eigenvalue weighted by atomic mass is 9.86. The number of nitrogens with zero attached hydrogens (tertiary/aromatic N) is 1.